The molecule has 0 spiro atoms. The van der Waals surface area contributed by atoms with Crippen molar-refractivity contribution in [3.8, 4) is 6.07 Å². The fourth-order valence-corrected chi connectivity index (χ4v) is 4.18. The van der Waals surface area contributed by atoms with E-state index in [-0.39, 0.29) is 0 Å². The van der Waals surface area contributed by atoms with Crippen LogP contribution in [0.4, 0.5) is 0 Å². The third kappa shape index (κ3) is 2.53. The monoisotopic (exact) mass is 305 g/mol. The Balaban J connectivity index is 2.06. The lowest BCUT2D eigenvalue weighted by Gasteiger charge is -2.13. The number of nitrogens with zero attached hydrogens (tertiary/aromatic N) is 3. The number of hydrogen-bond acceptors (Lipinski definition) is 3. The first-order chi connectivity index (χ1) is 9.83. The number of benzene rings is 1. The van der Waals surface area contributed by atoms with Crippen LogP contribution >= 0.6 is 23.4 Å². The van der Waals surface area contributed by atoms with Crippen molar-refractivity contribution in [1.29, 1.82) is 5.26 Å². The van der Waals surface area contributed by atoms with Gasteiger partial charge in [-0.25, -0.2) is 4.98 Å². The van der Waals surface area contributed by atoms with Crippen molar-refractivity contribution in [2.75, 3.05) is 11.6 Å². The summed E-state index contributed by atoms with van der Waals surface area (Å²) >= 11 is 7.94. The summed E-state index contributed by atoms with van der Waals surface area (Å²) in [4.78, 5) is 4.66. The molecule has 1 atom stereocenters. The van der Waals surface area contributed by atoms with Crippen molar-refractivity contribution in [3.63, 3.8) is 0 Å². The first-order valence-corrected chi connectivity index (χ1v) is 8.47. The molecular weight excluding hydrogens is 290 g/mol. The Morgan fingerprint density at radius 2 is 2.40 bits per heavy atom. The highest BCUT2D eigenvalue weighted by molar-refractivity contribution is 8.00. The maximum Gasteiger partial charge on any atom is 0.111 e. The molecule has 2 aromatic rings. The molecule has 0 saturated carbocycles. The van der Waals surface area contributed by atoms with E-state index in [2.05, 4.69) is 21.7 Å². The molecular formula is C15H16ClN3S. The van der Waals surface area contributed by atoms with Crippen molar-refractivity contribution >= 4 is 34.4 Å². The minimum absolute atomic E-state index is 0.559. The lowest BCUT2D eigenvalue weighted by molar-refractivity contribution is 0.627. The van der Waals surface area contributed by atoms with Gasteiger partial charge in [0.1, 0.15) is 17.4 Å². The largest absolute Gasteiger partial charge is 0.327 e. The third-order valence-electron chi connectivity index (χ3n) is 3.71. The van der Waals surface area contributed by atoms with Gasteiger partial charge >= 0.3 is 0 Å². The number of nitriles is 1. The average molecular weight is 306 g/mol. The summed E-state index contributed by atoms with van der Waals surface area (Å²) in [5, 5.41) is 9.88. The first-order valence-electron chi connectivity index (χ1n) is 6.89. The SMILES string of the molecule is N#Cc1cccc2c1nc(CCCl)n2CC1CCCS1. The van der Waals surface area contributed by atoms with Crippen molar-refractivity contribution in [2.24, 2.45) is 0 Å². The quantitative estimate of drug-likeness (QED) is 0.811. The second kappa shape index (κ2) is 6.07. The highest BCUT2D eigenvalue weighted by atomic mass is 35.5. The smallest absolute Gasteiger partial charge is 0.111 e. The van der Waals surface area contributed by atoms with E-state index in [0.29, 0.717) is 16.7 Å². The molecule has 1 saturated heterocycles. The van der Waals surface area contributed by atoms with Crippen LogP contribution in [0.1, 0.15) is 24.2 Å². The van der Waals surface area contributed by atoms with E-state index in [1.54, 1.807) is 0 Å². The Bertz CT molecular complexity index is 653. The molecule has 1 aliphatic rings. The Morgan fingerprint density at radius 3 is 3.10 bits per heavy atom. The number of fused-ring (bicyclic) bond motifs is 1. The second-order valence-electron chi connectivity index (χ2n) is 5.00. The van der Waals surface area contributed by atoms with Crippen LogP contribution in [0.25, 0.3) is 11.0 Å². The zero-order valence-corrected chi connectivity index (χ0v) is 12.8. The molecule has 1 fully saturated rings. The Morgan fingerprint density at radius 1 is 1.50 bits per heavy atom. The van der Waals surface area contributed by atoms with E-state index < -0.39 is 0 Å². The fourth-order valence-electron chi connectivity index (χ4n) is 2.76. The Hall–Kier alpha value is -1.18. The van der Waals surface area contributed by atoms with E-state index in [1.807, 2.05) is 23.9 Å². The molecule has 20 heavy (non-hydrogen) atoms. The standard InChI is InChI=1S/C15H16ClN3S/c16-7-6-14-18-15-11(9-17)3-1-5-13(15)19(14)10-12-4-2-8-20-12/h1,3,5,12H,2,4,6-8,10H2. The molecule has 1 aromatic heterocycles. The van der Waals surface area contributed by atoms with Crippen molar-refractivity contribution < 1.29 is 0 Å². The molecule has 0 N–H and O–H groups in total. The maximum atomic E-state index is 9.22. The van der Waals surface area contributed by atoms with Gasteiger partial charge < -0.3 is 4.57 Å². The number of para-hydroxylation sites is 1. The third-order valence-corrected chi connectivity index (χ3v) is 5.28. The van der Waals surface area contributed by atoms with Gasteiger partial charge in [-0.2, -0.15) is 17.0 Å². The molecule has 0 bridgehead atoms. The van der Waals surface area contributed by atoms with Gasteiger partial charge in [-0.05, 0) is 30.7 Å². The molecule has 1 unspecified atom stereocenters. The molecule has 104 valence electrons. The van der Waals surface area contributed by atoms with Crippen LogP contribution in [-0.4, -0.2) is 26.4 Å². The lowest BCUT2D eigenvalue weighted by Crippen LogP contribution is -2.13. The van der Waals surface area contributed by atoms with E-state index in [1.165, 1.54) is 18.6 Å². The van der Waals surface area contributed by atoms with Gasteiger partial charge in [0.15, 0.2) is 0 Å². The number of thioether (sulfide) groups is 1. The van der Waals surface area contributed by atoms with E-state index in [4.69, 9.17) is 11.6 Å². The van der Waals surface area contributed by atoms with Gasteiger partial charge in [-0.1, -0.05) is 6.07 Å². The van der Waals surface area contributed by atoms with Crippen molar-refractivity contribution in [1.82, 2.24) is 9.55 Å². The highest BCUT2D eigenvalue weighted by Crippen LogP contribution is 2.30. The van der Waals surface area contributed by atoms with Gasteiger partial charge in [0.05, 0.1) is 11.1 Å². The first kappa shape index (κ1) is 13.8. The van der Waals surface area contributed by atoms with Crippen LogP contribution in [0.5, 0.6) is 0 Å². The number of aromatic nitrogens is 2. The predicted octanol–water partition coefficient (Wildman–Crippen LogP) is 3.58. The molecule has 2 heterocycles. The number of hydrogen-bond donors (Lipinski definition) is 0. The highest BCUT2D eigenvalue weighted by Gasteiger charge is 2.20. The van der Waals surface area contributed by atoms with Crippen LogP contribution < -0.4 is 0 Å². The fraction of sp³-hybridized carbons (Fsp3) is 0.467. The maximum absolute atomic E-state index is 9.22. The van der Waals surface area contributed by atoms with Gasteiger partial charge in [-0.3, -0.25) is 0 Å². The molecule has 0 amide bonds. The Kier molecular flexibility index (Phi) is 4.18. The van der Waals surface area contributed by atoms with Crippen LogP contribution in [0.3, 0.4) is 0 Å². The van der Waals surface area contributed by atoms with Crippen LogP contribution in [0, 0.1) is 11.3 Å². The normalized spacial score (nSPS) is 18.5. The summed E-state index contributed by atoms with van der Waals surface area (Å²) in [6.07, 6.45) is 3.32. The van der Waals surface area contributed by atoms with Crippen LogP contribution in [0.2, 0.25) is 0 Å². The summed E-state index contributed by atoms with van der Waals surface area (Å²) in [5.41, 5.74) is 2.53. The van der Waals surface area contributed by atoms with E-state index in [0.717, 1.165) is 29.8 Å². The Labute approximate surface area is 127 Å². The lowest BCUT2D eigenvalue weighted by atomic mass is 10.2. The van der Waals surface area contributed by atoms with E-state index >= 15 is 0 Å². The summed E-state index contributed by atoms with van der Waals surface area (Å²) in [6, 6.07) is 8.05. The number of rotatable bonds is 4. The zero-order valence-electron chi connectivity index (χ0n) is 11.2. The van der Waals surface area contributed by atoms with Crippen LogP contribution in [-0.2, 0) is 13.0 Å². The van der Waals surface area contributed by atoms with Gasteiger partial charge in [0.2, 0.25) is 0 Å². The molecule has 3 rings (SSSR count). The van der Waals surface area contributed by atoms with Crippen LogP contribution in [0.15, 0.2) is 18.2 Å². The topological polar surface area (TPSA) is 41.6 Å². The van der Waals surface area contributed by atoms with Gasteiger partial charge in [0.25, 0.3) is 0 Å². The molecule has 1 aliphatic heterocycles. The number of halogens is 1. The van der Waals surface area contributed by atoms with E-state index in [9.17, 15) is 5.26 Å². The summed E-state index contributed by atoms with van der Waals surface area (Å²) < 4.78 is 2.27. The number of alkyl halides is 1. The van der Waals surface area contributed by atoms with Gasteiger partial charge in [0, 0.05) is 24.1 Å². The number of imidazole rings is 1. The summed E-state index contributed by atoms with van der Waals surface area (Å²) in [5.74, 6) is 2.82. The minimum atomic E-state index is 0.559. The number of aryl methyl sites for hydroxylation is 1. The van der Waals surface area contributed by atoms with Crippen molar-refractivity contribution in [3.05, 3.63) is 29.6 Å². The second-order valence-corrected chi connectivity index (χ2v) is 6.78. The molecule has 5 heteroatoms. The van der Waals surface area contributed by atoms with Crippen molar-refractivity contribution in [2.45, 2.75) is 31.1 Å². The zero-order chi connectivity index (χ0) is 13.9. The van der Waals surface area contributed by atoms with Gasteiger partial charge in [-0.15, -0.1) is 11.6 Å². The summed E-state index contributed by atoms with van der Waals surface area (Å²) in [7, 11) is 0. The average Bonchev–Trinajstić information content (AvgIpc) is 3.08. The summed E-state index contributed by atoms with van der Waals surface area (Å²) in [6.45, 7) is 0.974. The molecule has 3 nitrogen and oxygen atoms in total. The predicted molar refractivity (Wildman–Crippen MR) is 84.4 cm³/mol. The molecule has 0 aliphatic carbocycles. The molecule has 0 radical (unpaired) electrons. The minimum Gasteiger partial charge on any atom is -0.327 e. The molecule has 1 aromatic carbocycles.